The fourth-order valence-corrected chi connectivity index (χ4v) is 11.6. The molecule has 0 aliphatic carbocycles. The van der Waals surface area contributed by atoms with E-state index < -0.39 is 131 Å². The summed E-state index contributed by atoms with van der Waals surface area (Å²) in [5.74, 6) is -6.20. The number of benzene rings is 2. The van der Waals surface area contributed by atoms with Crippen LogP contribution in [0, 0.1) is 29.6 Å². The Morgan fingerprint density at radius 2 is 1.34 bits per heavy atom. The second kappa shape index (κ2) is 37.4. The van der Waals surface area contributed by atoms with Crippen molar-refractivity contribution >= 4 is 76.8 Å². The Labute approximate surface area is 530 Å². The van der Waals surface area contributed by atoms with Gasteiger partial charge in [-0.2, -0.15) is 11.8 Å². The van der Waals surface area contributed by atoms with Crippen LogP contribution in [0.4, 0.5) is 10.5 Å². The van der Waals surface area contributed by atoms with Crippen molar-refractivity contribution in [2.75, 3.05) is 60.1 Å². The van der Waals surface area contributed by atoms with E-state index in [9.17, 15) is 53.1 Å². The molecule has 25 heteroatoms. The van der Waals surface area contributed by atoms with Crippen LogP contribution < -0.4 is 31.9 Å². The van der Waals surface area contributed by atoms with Gasteiger partial charge in [-0.05, 0) is 79.9 Å². The van der Waals surface area contributed by atoms with Gasteiger partial charge in [0.05, 0.1) is 67.6 Å². The second-order valence-corrected chi connectivity index (χ2v) is 25.1. The van der Waals surface area contributed by atoms with Gasteiger partial charge in [-0.25, -0.2) is 4.79 Å². The molecule has 24 nitrogen and oxygen atoms in total. The van der Waals surface area contributed by atoms with Gasteiger partial charge >= 0.3 is 12.1 Å². The molecule has 1 unspecified atom stereocenters. The highest BCUT2D eigenvalue weighted by atomic mass is 32.2. The van der Waals surface area contributed by atoms with Crippen LogP contribution in [-0.2, 0) is 68.7 Å². The third kappa shape index (κ3) is 22.6. The fourth-order valence-electron chi connectivity index (χ4n) is 11.0. The number of aliphatic hydroxyl groups excluding tert-OH is 1. The quantitative estimate of drug-likeness (QED) is 0.0449. The number of carbonyl (C=O) groups is 10. The number of anilines is 1. The lowest BCUT2D eigenvalue weighted by atomic mass is 9.89. The van der Waals surface area contributed by atoms with Crippen molar-refractivity contribution in [2.24, 2.45) is 29.6 Å². The number of aliphatic hydroxyl groups is 1. The van der Waals surface area contributed by atoms with Crippen LogP contribution in [-0.4, -0.2) is 194 Å². The Hall–Kier alpha value is -6.83. The van der Waals surface area contributed by atoms with Gasteiger partial charge in [0.2, 0.25) is 47.3 Å². The predicted molar refractivity (Wildman–Crippen MR) is 339 cm³/mol. The molecule has 0 spiro atoms. The van der Waals surface area contributed by atoms with Gasteiger partial charge in [-0.15, -0.1) is 0 Å². The molecule has 498 valence electrons. The zero-order valence-electron chi connectivity index (χ0n) is 55.2. The number of methoxy groups -OCH3 is 3. The van der Waals surface area contributed by atoms with Crippen LogP contribution in [0.5, 0.6) is 0 Å². The molecule has 13 atom stereocenters. The number of thioether (sulfide) groups is 1. The molecule has 1 aliphatic rings. The molecule has 2 aromatic rings. The number of carbonyl (C=O) groups excluding carboxylic acids is 10. The smallest absolute Gasteiger partial charge is 0.410 e. The highest BCUT2D eigenvalue weighted by molar-refractivity contribution is 7.99. The van der Waals surface area contributed by atoms with E-state index in [0.717, 1.165) is 0 Å². The van der Waals surface area contributed by atoms with Crippen LogP contribution >= 0.6 is 11.8 Å². The molecule has 0 radical (unpaired) electrons. The standard InChI is InChI=1S/C64H101N9O15S/c1-18-39(8)55(47(85-14)33-50(75)73-32-22-25-46(73)57(87-16)40(9)58(78)66-41(10)56(77)44-23-20-19-21-24-44)71(12)63(83)53(37(4)5)70-62(82)54(38(6)7)72(13)64(84)88-35-43-26-28-45(29-27-43)68-59(79)42(11)67-61(81)52(36(2)3)69-49(74)30-31-65-60(80)48(89-17)34-51(76)86-15/h19-21,23-24,26-29,36-42,46-48,52-57,77H,18,22,25,30-35H2,1-17H3,(H,65,80)(H,66,78)(H,67,81)(H,68,79)(H,69,74)(H,70,82)/t39-,40+,41+,42-,46-,47+,48?,52-,53-,54-,55-,56+,57+/m0/s1. The highest BCUT2D eigenvalue weighted by Crippen LogP contribution is 2.30. The van der Waals surface area contributed by atoms with Crippen molar-refractivity contribution < 1.29 is 72.0 Å². The Bertz CT molecular complexity index is 2650. The summed E-state index contributed by atoms with van der Waals surface area (Å²) in [6.07, 6.45) is 0.0718. The molecule has 0 aromatic heterocycles. The van der Waals surface area contributed by atoms with E-state index in [0.29, 0.717) is 42.6 Å². The lowest BCUT2D eigenvalue weighted by Gasteiger charge is -2.41. The van der Waals surface area contributed by atoms with E-state index >= 15 is 0 Å². The van der Waals surface area contributed by atoms with E-state index in [4.69, 9.17) is 14.2 Å². The highest BCUT2D eigenvalue weighted by Gasteiger charge is 2.44. The zero-order chi connectivity index (χ0) is 67.0. The molecule has 89 heavy (non-hydrogen) atoms. The topological polar surface area (TPSA) is 310 Å². The van der Waals surface area contributed by atoms with Crippen molar-refractivity contribution in [1.82, 2.24) is 41.3 Å². The molecule has 0 bridgehead atoms. The molecule has 9 amide bonds. The first kappa shape index (κ1) is 76.4. The minimum atomic E-state index is -1.06. The van der Waals surface area contributed by atoms with Crippen LogP contribution in [0.15, 0.2) is 54.6 Å². The monoisotopic (exact) mass is 1270 g/mol. The third-order valence-corrected chi connectivity index (χ3v) is 17.4. The molecule has 1 heterocycles. The van der Waals surface area contributed by atoms with Gasteiger partial charge in [0, 0.05) is 53.5 Å². The summed E-state index contributed by atoms with van der Waals surface area (Å²) >= 11 is 1.17. The van der Waals surface area contributed by atoms with Crippen LogP contribution in [0.1, 0.15) is 132 Å². The Kier molecular flexibility index (Phi) is 32.1. The summed E-state index contributed by atoms with van der Waals surface area (Å²) < 4.78 is 22.3. The van der Waals surface area contributed by atoms with E-state index in [1.807, 2.05) is 32.0 Å². The number of amides is 9. The fraction of sp³-hybridized carbons (Fsp3) is 0.656. The van der Waals surface area contributed by atoms with E-state index in [1.54, 1.807) is 115 Å². The normalized spacial score (nSPS) is 17.2. The average molecular weight is 1270 g/mol. The molecule has 1 saturated heterocycles. The van der Waals surface area contributed by atoms with Gasteiger partial charge in [0.15, 0.2) is 0 Å². The maximum Gasteiger partial charge on any atom is 0.410 e. The number of hydrogen-bond acceptors (Lipinski definition) is 16. The SMILES string of the molecule is CC[C@H](C)[C@@H]([C@@H](CC(=O)N1CCC[C@H]1[C@H](OC)[C@@H](C)C(=O)N[C@H](C)[C@@H](O)c1ccccc1)OC)N(C)C(=O)[C@@H](NC(=O)[C@H](C(C)C)N(C)C(=O)OCc1ccc(NC(=O)[C@H](C)NC(=O)[C@@H](NC(=O)CCNC(=O)C(CC(=O)OC)SC)C(C)C)cc1)C(C)C. The minimum absolute atomic E-state index is 0.0335. The van der Waals surface area contributed by atoms with E-state index in [-0.39, 0.29) is 56.1 Å². The van der Waals surface area contributed by atoms with Gasteiger partial charge in [-0.1, -0.05) is 111 Å². The second-order valence-electron chi connectivity index (χ2n) is 24.1. The first-order valence-corrected chi connectivity index (χ1v) is 32.0. The van der Waals surface area contributed by atoms with Crippen molar-refractivity contribution in [1.29, 1.82) is 0 Å². The van der Waals surface area contributed by atoms with Crippen molar-refractivity contribution in [3.05, 3.63) is 65.7 Å². The molecular weight excluding hydrogens is 1170 g/mol. The number of hydrogen-bond donors (Lipinski definition) is 7. The summed E-state index contributed by atoms with van der Waals surface area (Å²) in [5, 5.41) is 26.8. The molecule has 3 rings (SSSR count). The molecule has 1 aliphatic heterocycles. The number of rotatable bonds is 35. The molecule has 2 aromatic carbocycles. The van der Waals surface area contributed by atoms with Crippen LogP contribution in [0.3, 0.4) is 0 Å². The largest absolute Gasteiger partial charge is 0.469 e. The van der Waals surface area contributed by atoms with Crippen molar-refractivity contribution in [2.45, 2.75) is 187 Å². The number of ether oxygens (including phenoxy) is 4. The summed E-state index contributed by atoms with van der Waals surface area (Å²) in [7, 11) is 7.33. The van der Waals surface area contributed by atoms with E-state index in [2.05, 4.69) is 36.6 Å². The summed E-state index contributed by atoms with van der Waals surface area (Å²) in [4.78, 5) is 139. The number of likely N-dealkylation sites (tertiary alicyclic amines) is 1. The lowest BCUT2D eigenvalue weighted by molar-refractivity contribution is -0.148. The minimum Gasteiger partial charge on any atom is -0.469 e. The summed E-state index contributed by atoms with van der Waals surface area (Å²) in [6, 6.07) is 9.72. The van der Waals surface area contributed by atoms with Crippen LogP contribution in [0.25, 0.3) is 0 Å². The van der Waals surface area contributed by atoms with Gasteiger partial charge in [0.25, 0.3) is 0 Å². The summed E-state index contributed by atoms with van der Waals surface area (Å²) in [5.41, 5.74) is 1.60. The summed E-state index contributed by atoms with van der Waals surface area (Å²) in [6.45, 7) is 19.7. The van der Waals surface area contributed by atoms with Crippen molar-refractivity contribution in [3.8, 4) is 0 Å². The lowest BCUT2D eigenvalue weighted by Crippen LogP contribution is -2.60. The van der Waals surface area contributed by atoms with Crippen molar-refractivity contribution in [3.63, 3.8) is 0 Å². The Morgan fingerprint density at radius 3 is 1.89 bits per heavy atom. The van der Waals surface area contributed by atoms with Gasteiger partial charge in [-0.3, -0.25) is 48.1 Å². The number of nitrogens with one attached hydrogen (secondary N) is 6. The number of likely N-dealkylation sites (N-methyl/N-ethyl adjacent to an activating group) is 2. The molecule has 0 saturated carbocycles. The third-order valence-electron chi connectivity index (χ3n) is 16.5. The molecule has 7 N–H and O–H groups in total. The average Bonchev–Trinajstić information content (AvgIpc) is 3.74. The Morgan fingerprint density at radius 1 is 0.708 bits per heavy atom. The van der Waals surface area contributed by atoms with E-state index in [1.165, 1.54) is 52.0 Å². The molecular formula is C64H101N9O15S. The zero-order valence-corrected chi connectivity index (χ0v) is 56.0. The maximum absolute atomic E-state index is 14.8. The first-order valence-electron chi connectivity index (χ1n) is 30.7. The molecule has 1 fully saturated rings. The maximum atomic E-state index is 14.8. The van der Waals surface area contributed by atoms with Gasteiger partial charge in [0.1, 0.15) is 30.8 Å². The van der Waals surface area contributed by atoms with Crippen LogP contribution in [0.2, 0.25) is 0 Å². The number of esters is 1. The first-order chi connectivity index (χ1) is 42.0. The predicted octanol–water partition coefficient (Wildman–Crippen LogP) is 4.96. The Balaban J connectivity index is 1.62. The number of nitrogens with zero attached hydrogens (tertiary/aromatic N) is 3. The van der Waals surface area contributed by atoms with Gasteiger partial charge < -0.3 is 65.8 Å².